The van der Waals surface area contributed by atoms with Gasteiger partial charge in [0.15, 0.2) is 0 Å². The van der Waals surface area contributed by atoms with Gasteiger partial charge in [0.25, 0.3) is 5.91 Å². The van der Waals surface area contributed by atoms with Crippen LogP contribution in [0.2, 0.25) is 0 Å². The zero-order chi connectivity index (χ0) is 23.5. The Morgan fingerprint density at radius 1 is 0.879 bits per heavy atom. The SMILES string of the molecule is CC(OCc1ccccc1)C(=O)NC(Cc1ccccc1)C(=O)C(=O)NCc1ccccn1. The molecule has 170 valence electrons. The summed E-state index contributed by atoms with van der Waals surface area (Å²) >= 11 is 0. The van der Waals surface area contributed by atoms with E-state index < -0.39 is 29.7 Å². The number of amides is 2. The van der Waals surface area contributed by atoms with E-state index >= 15 is 0 Å². The molecule has 3 rings (SSSR count). The second-order valence-electron chi connectivity index (χ2n) is 7.56. The van der Waals surface area contributed by atoms with E-state index in [0.29, 0.717) is 5.69 Å². The lowest BCUT2D eigenvalue weighted by Crippen LogP contribution is -2.51. The van der Waals surface area contributed by atoms with Crippen molar-refractivity contribution in [1.29, 1.82) is 0 Å². The standard InChI is InChI=1S/C26H27N3O4/c1-19(33-18-21-12-6-3-7-13-21)25(31)29-23(16-20-10-4-2-5-11-20)24(30)26(32)28-17-22-14-8-9-15-27-22/h2-15,19,23H,16-18H2,1H3,(H,28,32)(H,29,31). The van der Waals surface area contributed by atoms with Crippen molar-refractivity contribution in [2.45, 2.75) is 38.6 Å². The van der Waals surface area contributed by atoms with Crippen LogP contribution in [0.1, 0.15) is 23.7 Å². The van der Waals surface area contributed by atoms with Crippen molar-refractivity contribution in [3.8, 4) is 0 Å². The number of hydrogen-bond donors (Lipinski definition) is 2. The summed E-state index contributed by atoms with van der Waals surface area (Å²) in [6, 6.07) is 23.0. The molecular formula is C26H27N3O4. The molecule has 2 amide bonds. The molecule has 0 radical (unpaired) electrons. The van der Waals surface area contributed by atoms with Crippen LogP contribution < -0.4 is 10.6 Å². The molecule has 0 aliphatic heterocycles. The zero-order valence-corrected chi connectivity index (χ0v) is 18.4. The van der Waals surface area contributed by atoms with Crippen LogP contribution in [0.5, 0.6) is 0 Å². The quantitative estimate of drug-likeness (QED) is 0.442. The first kappa shape index (κ1) is 23.8. The van der Waals surface area contributed by atoms with Crippen LogP contribution in [-0.2, 0) is 38.7 Å². The molecule has 33 heavy (non-hydrogen) atoms. The minimum absolute atomic E-state index is 0.119. The molecule has 2 unspecified atom stereocenters. The van der Waals surface area contributed by atoms with E-state index in [2.05, 4.69) is 15.6 Å². The van der Waals surface area contributed by atoms with Crippen LogP contribution in [-0.4, -0.2) is 34.7 Å². The number of Topliss-reactive ketones (excluding diaryl/α,β-unsaturated/α-hetero) is 1. The zero-order valence-electron chi connectivity index (χ0n) is 18.4. The molecule has 0 bridgehead atoms. The fraction of sp³-hybridized carbons (Fsp3) is 0.231. The van der Waals surface area contributed by atoms with E-state index in [1.807, 2.05) is 60.7 Å². The Kier molecular flexibility index (Phi) is 8.85. The molecule has 7 nitrogen and oxygen atoms in total. The van der Waals surface area contributed by atoms with Gasteiger partial charge in [0, 0.05) is 12.6 Å². The molecule has 2 atom stereocenters. The summed E-state index contributed by atoms with van der Waals surface area (Å²) in [7, 11) is 0. The summed E-state index contributed by atoms with van der Waals surface area (Å²) in [6.45, 7) is 1.99. The maximum absolute atomic E-state index is 12.9. The Hall–Kier alpha value is -3.84. The first-order valence-corrected chi connectivity index (χ1v) is 10.7. The number of aromatic nitrogens is 1. The number of carbonyl (C=O) groups is 3. The number of ketones is 1. The van der Waals surface area contributed by atoms with Crippen molar-refractivity contribution in [2.24, 2.45) is 0 Å². The minimum atomic E-state index is -1.02. The molecule has 2 N–H and O–H groups in total. The molecule has 0 spiro atoms. The molecule has 0 aliphatic rings. The van der Waals surface area contributed by atoms with Crippen molar-refractivity contribution in [3.05, 3.63) is 102 Å². The first-order chi connectivity index (χ1) is 16.0. The van der Waals surface area contributed by atoms with Crippen LogP contribution in [0.15, 0.2) is 85.1 Å². The molecule has 1 aromatic heterocycles. The summed E-state index contributed by atoms with van der Waals surface area (Å²) in [5, 5.41) is 5.27. The Bertz CT molecular complexity index is 1040. The number of nitrogens with zero attached hydrogens (tertiary/aromatic N) is 1. The van der Waals surface area contributed by atoms with Gasteiger partial charge in [0.05, 0.1) is 18.8 Å². The summed E-state index contributed by atoms with van der Waals surface area (Å²) in [6.07, 6.45) is 1.000. The third kappa shape index (κ3) is 7.66. The van der Waals surface area contributed by atoms with Gasteiger partial charge in [-0.1, -0.05) is 66.7 Å². The number of rotatable bonds is 11. The lowest BCUT2D eigenvalue weighted by atomic mass is 10.0. The average Bonchev–Trinajstić information content (AvgIpc) is 2.86. The van der Waals surface area contributed by atoms with Gasteiger partial charge >= 0.3 is 0 Å². The lowest BCUT2D eigenvalue weighted by Gasteiger charge is -2.20. The Morgan fingerprint density at radius 3 is 2.15 bits per heavy atom. The third-order valence-electron chi connectivity index (χ3n) is 5.01. The Balaban J connectivity index is 1.63. The summed E-state index contributed by atoms with van der Waals surface area (Å²) in [5.74, 6) is -1.96. The van der Waals surface area contributed by atoms with Gasteiger partial charge in [-0.2, -0.15) is 0 Å². The Morgan fingerprint density at radius 2 is 1.52 bits per heavy atom. The molecule has 1 heterocycles. The molecule has 0 fully saturated rings. The lowest BCUT2D eigenvalue weighted by molar-refractivity contribution is -0.141. The number of benzene rings is 2. The predicted molar refractivity (Wildman–Crippen MR) is 124 cm³/mol. The maximum Gasteiger partial charge on any atom is 0.289 e. The predicted octanol–water partition coefficient (Wildman–Crippen LogP) is 2.60. The van der Waals surface area contributed by atoms with Gasteiger partial charge < -0.3 is 15.4 Å². The number of nitrogens with one attached hydrogen (secondary N) is 2. The second-order valence-corrected chi connectivity index (χ2v) is 7.56. The molecule has 2 aromatic carbocycles. The van der Waals surface area contributed by atoms with Crippen LogP contribution in [0.4, 0.5) is 0 Å². The van der Waals surface area contributed by atoms with Crippen molar-refractivity contribution in [3.63, 3.8) is 0 Å². The molecular weight excluding hydrogens is 418 g/mol. The molecule has 0 aliphatic carbocycles. The summed E-state index contributed by atoms with van der Waals surface area (Å²) < 4.78 is 5.65. The van der Waals surface area contributed by atoms with Gasteiger partial charge in [0.2, 0.25) is 11.7 Å². The number of pyridine rings is 1. The van der Waals surface area contributed by atoms with Gasteiger partial charge in [0.1, 0.15) is 12.1 Å². The smallest absolute Gasteiger partial charge is 0.289 e. The number of hydrogen-bond acceptors (Lipinski definition) is 5. The monoisotopic (exact) mass is 445 g/mol. The van der Waals surface area contributed by atoms with E-state index in [9.17, 15) is 14.4 Å². The first-order valence-electron chi connectivity index (χ1n) is 10.7. The van der Waals surface area contributed by atoms with Crippen LogP contribution in [0.3, 0.4) is 0 Å². The maximum atomic E-state index is 12.9. The van der Waals surface area contributed by atoms with Gasteiger partial charge in [-0.05, 0) is 30.2 Å². The van der Waals surface area contributed by atoms with Crippen molar-refractivity contribution in [2.75, 3.05) is 0 Å². The largest absolute Gasteiger partial charge is 0.364 e. The highest BCUT2D eigenvalue weighted by atomic mass is 16.5. The normalized spacial score (nSPS) is 12.4. The van der Waals surface area contributed by atoms with Crippen molar-refractivity contribution in [1.82, 2.24) is 15.6 Å². The van der Waals surface area contributed by atoms with Crippen molar-refractivity contribution >= 4 is 17.6 Å². The fourth-order valence-corrected chi connectivity index (χ4v) is 3.14. The minimum Gasteiger partial charge on any atom is -0.364 e. The highest BCUT2D eigenvalue weighted by Gasteiger charge is 2.29. The number of ether oxygens (including phenoxy) is 1. The van der Waals surface area contributed by atoms with E-state index in [-0.39, 0.29) is 19.6 Å². The number of carbonyl (C=O) groups excluding carboxylic acids is 3. The summed E-state index contributed by atoms with van der Waals surface area (Å²) in [4.78, 5) is 42.3. The van der Waals surface area contributed by atoms with E-state index in [4.69, 9.17) is 4.74 Å². The van der Waals surface area contributed by atoms with E-state index in [0.717, 1.165) is 11.1 Å². The fourth-order valence-electron chi connectivity index (χ4n) is 3.14. The van der Waals surface area contributed by atoms with Crippen molar-refractivity contribution < 1.29 is 19.1 Å². The van der Waals surface area contributed by atoms with Gasteiger partial charge in [-0.15, -0.1) is 0 Å². The highest BCUT2D eigenvalue weighted by Crippen LogP contribution is 2.07. The van der Waals surface area contributed by atoms with E-state index in [1.165, 1.54) is 0 Å². The van der Waals surface area contributed by atoms with Crippen LogP contribution in [0, 0.1) is 0 Å². The third-order valence-corrected chi connectivity index (χ3v) is 5.01. The van der Waals surface area contributed by atoms with E-state index in [1.54, 1.807) is 31.3 Å². The van der Waals surface area contributed by atoms with Crippen LogP contribution >= 0.6 is 0 Å². The van der Waals surface area contributed by atoms with Gasteiger partial charge in [-0.25, -0.2) is 0 Å². The topological polar surface area (TPSA) is 97.4 Å². The summed E-state index contributed by atoms with van der Waals surface area (Å²) in [5.41, 5.74) is 2.39. The van der Waals surface area contributed by atoms with Gasteiger partial charge in [-0.3, -0.25) is 19.4 Å². The Labute approximate surface area is 193 Å². The molecule has 7 heteroatoms. The average molecular weight is 446 g/mol. The molecule has 3 aromatic rings. The molecule has 0 saturated heterocycles. The second kappa shape index (κ2) is 12.3. The van der Waals surface area contributed by atoms with Crippen LogP contribution in [0.25, 0.3) is 0 Å². The molecule has 0 saturated carbocycles. The highest BCUT2D eigenvalue weighted by molar-refractivity contribution is 6.38.